The second-order valence-corrected chi connectivity index (χ2v) is 5.49. The van der Waals surface area contributed by atoms with Gasteiger partial charge in [0.1, 0.15) is 5.75 Å². The molecule has 1 rings (SSSR count). The van der Waals surface area contributed by atoms with Crippen LogP contribution in [-0.4, -0.2) is 39.4 Å². The largest absolute Gasteiger partial charge is 0.481 e. The Morgan fingerprint density at radius 2 is 1.86 bits per heavy atom. The molecule has 22 heavy (non-hydrogen) atoms. The van der Waals surface area contributed by atoms with Crippen LogP contribution in [0.15, 0.2) is 12.1 Å². The van der Waals surface area contributed by atoms with Crippen LogP contribution in [0.5, 0.6) is 5.75 Å². The fraction of sp³-hybridized carbons (Fsp3) is 0.588. The van der Waals surface area contributed by atoms with E-state index in [0.29, 0.717) is 6.04 Å². The summed E-state index contributed by atoms with van der Waals surface area (Å²) in [6.45, 7) is 7.60. The van der Waals surface area contributed by atoms with Crippen LogP contribution in [0.3, 0.4) is 0 Å². The highest BCUT2D eigenvalue weighted by molar-refractivity contribution is 5.71. The normalized spacial score (nSPS) is 12.0. The molecule has 0 fully saturated rings. The predicted octanol–water partition coefficient (Wildman–Crippen LogP) is 2.37. The Balaban J connectivity index is 2.62. The van der Waals surface area contributed by atoms with E-state index in [1.165, 1.54) is 12.7 Å². The summed E-state index contributed by atoms with van der Waals surface area (Å²) in [5.41, 5.74) is 3.24. The highest BCUT2D eigenvalue weighted by Crippen LogP contribution is 2.25. The van der Waals surface area contributed by atoms with Crippen LogP contribution in [0, 0.1) is 13.8 Å². The summed E-state index contributed by atoms with van der Waals surface area (Å²) in [5, 5.41) is 3.47. The first-order chi connectivity index (χ1) is 10.5. The molecule has 0 radical (unpaired) electrons. The molecule has 1 atom stereocenters. The van der Waals surface area contributed by atoms with E-state index >= 15 is 0 Å². The molecule has 0 aliphatic rings. The number of hydrogen-bond donors (Lipinski definition) is 1. The summed E-state index contributed by atoms with van der Waals surface area (Å²) in [6.07, 6.45) is 0.981. The fourth-order valence-corrected chi connectivity index (χ4v) is 2.25. The molecule has 0 aliphatic carbocycles. The Morgan fingerprint density at radius 1 is 1.23 bits per heavy atom. The summed E-state index contributed by atoms with van der Waals surface area (Å²) in [5.74, 6) is 0.373. The van der Waals surface area contributed by atoms with Gasteiger partial charge >= 0.3 is 5.97 Å². The molecule has 0 saturated heterocycles. The highest BCUT2D eigenvalue weighted by Gasteiger charge is 2.10. The average molecular weight is 309 g/mol. The van der Waals surface area contributed by atoms with E-state index in [2.05, 4.69) is 29.1 Å². The molecule has 0 bridgehead atoms. The van der Waals surface area contributed by atoms with Crippen molar-refractivity contribution in [2.75, 3.05) is 27.4 Å². The van der Waals surface area contributed by atoms with E-state index in [9.17, 15) is 4.79 Å². The van der Waals surface area contributed by atoms with E-state index in [1.54, 1.807) is 7.11 Å². The van der Waals surface area contributed by atoms with Crippen molar-refractivity contribution < 1.29 is 19.0 Å². The van der Waals surface area contributed by atoms with E-state index in [-0.39, 0.29) is 12.6 Å². The lowest BCUT2D eigenvalue weighted by molar-refractivity contribution is -0.142. The van der Waals surface area contributed by atoms with Crippen molar-refractivity contribution in [3.63, 3.8) is 0 Å². The number of methoxy groups -OCH3 is 2. The van der Waals surface area contributed by atoms with Crippen LogP contribution in [-0.2, 0) is 20.8 Å². The number of ether oxygens (including phenoxy) is 3. The molecule has 1 aromatic rings. The smallest absolute Gasteiger partial charge is 0.343 e. The molecule has 0 amide bonds. The van der Waals surface area contributed by atoms with Crippen molar-refractivity contribution in [2.45, 2.75) is 39.8 Å². The molecule has 124 valence electrons. The standard InChI is InChI=1S/C17H27NO4/c1-12-8-15(10-18-14(3)6-7-20-4)9-13(2)17(12)22-11-16(19)21-5/h8-9,14,18H,6-7,10-11H2,1-5H3. The second kappa shape index (κ2) is 9.43. The third kappa shape index (κ3) is 6.03. The Labute approximate surface area is 132 Å². The number of nitrogens with one attached hydrogen (secondary N) is 1. The lowest BCUT2D eigenvalue weighted by atomic mass is 10.1. The SMILES string of the molecule is COCCC(C)NCc1cc(C)c(OCC(=O)OC)c(C)c1. The zero-order valence-electron chi connectivity index (χ0n) is 14.2. The molecule has 0 heterocycles. The maximum absolute atomic E-state index is 11.2. The second-order valence-electron chi connectivity index (χ2n) is 5.49. The maximum Gasteiger partial charge on any atom is 0.343 e. The van der Waals surface area contributed by atoms with Crippen molar-refractivity contribution in [2.24, 2.45) is 0 Å². The number of aryl methyl sites for hydroxylation is 2. The Kier molecular flexibility index (Phi) is 7.91. The third-order valence-electron chi connectivity index (χ3n) is 3.49. The zero-order valence-corrected chi connectivity index (χ0v) is 14.2. The van der Waals surface area contributed by atoms with Crippen molar-refractivity contribution in [3.8, 4) is 5.75 Å². The van der Waals surface area contributed by atoms with Gasteiger partial charge in [-0.2, -0.15) is 0 Å². The monoisotopic (exact) mass is 309 g/mol. The minimum Gasteiger partial charge on any atom is -0.481 e. The fourth-order valence-electron chi connectivity index (χ4n) is 2.25. The minimum atomic E-state index is -0.378. The summed E-state index contributed by atoms with van der Waals surface area (Å²) in [4.78, 5) is 11.2. The highest BCUT2D eigenvalue weighted by atomic mass is 16.6. The molecule has 0 aliphatic heterocycles. The molecular weight excluding hydrogens is 282 g/mol. The van der Waals surface area contributed by atoms with E-state index in [1.807, 2.05) is 13.8 Å². The summed E-state index contributed by atoms with van der Waals surface area (Å²) >= 11 is 0. The predicted molar refractivity (Wildman–Crippen MR) is 86.2 cm³/mol. The van der Waals surface area contributed by atoms with Gasteiger partial charge in [-0.05, 0) is 43.9 Å². The molecule has 0 aromatic heterocycles. The molecular formula is C17H27NO4. The third-order valence-corrected chi connectivity index (χ3v) is 3.49. The van der Waals surface area contributed by atoms with E-state index in [0.717, 1.165) is 36.4 Å². The number of benzene rings is 1. The van der Waals surface area contributed by atoms with Gasteiger partial charge in [0.05, 0.1) is 7.11 Å². The molecule has 5 heteroatoms. The van der Waals surface area contributed by atoms with Gasteiger partial charge in [-0.3, -0.25) is 0 Å². The van der Waals surface area contributed by atoms with Gasteiger partial charge in [0, 0.05) is 26.3 Å². The van der Waals surface area contributed by atoms with Crippen LogP contribution >= 0.6 is 0 Å². The number of carbonyl (C=O) groups is 1. The van der Waals surface area contributed by atoms with Gasteiger partial charge in [-0.1, -0.05) is 12.1 Å². The van der Waals surface area contributed by atoms with E-state index < -0.39 is 0 Å². The summed E-state index contributed by atoms with van der Waals surface area (Å²) < 4.78 is 15.2. The number of esters is 1. The van der Waals surface area contributed by atoms with Crippen molar-refractivity contribution in [3.05, 3.63) is 28.8 Å². The van der Waals surface area contributed by atoms with E-state index in [4.69, 9.17) is 9.47 Å². The summed E-state index contributed by atoms with van der Waals surface area (Å²) in [6, 6.07) is 4.56. The van der Waals surface area contributed by atoms with Crippen LogP contribution in [0.4, 0.5) is 0 Å². The molecule has 0 spiro atoms. The van der Waals surface area contributed by atoms with Crippen molar-refractivity contribution >= 4 is 5.97 Å². The Morgan fingerprint density at radius 3 is 2.41 bits per heavy atom. The maximum atomic E-state index is 11.2. The number of carbonyl (C=O) groups excluding carboxylic acids is 1. The molecule has 5 nitrogen and oxygen atoms in total. The quantitative estimate of drug-likeness (QED) is 0.710. The summed E-state index contributed by atoms with van der Waals surface area (Å²) in [7, 11) is 3.07. The molecule has 1 aromatic carbocycles. The van der Waals surface area contributed by atoms with Gasteiger partial charge in [-0.25, -0.2) is 4.79 Å². The molecule has 0 saturated carbocycles. The first-order valence-electron chi connectivity index (χ1n) is 7.50. The Hall–Kier alpha value is -1.59. The lowest BCUT2D eigenvalue weighted by Gasteiger charge is -2.16. The van der Waals surface area contributed by atoms with Gasteiger partial charge in [0.15, 0.2) is 6.61 Å². The van der Waals surface area contributed by atoms with Gasteiger partial charge in [-0.15, -0.1) is 0 Å². The van der Waals surface area contributed by atoms with Gasteiger partial charge in [0.25, 0.3) is 0 Å². The van der Waals surface area contributed by atoms with Crippen LogP contribution in [0.25, 0.3) is 0 Å². The zero-order chi connectivity index (χ0) is 16.5. The van der Waals surface area contributed by atoms with Gasteiger partial charge < -0.3 is 19.5 Å². The van der Waals surface area contributed by atoms with Crippen molar-refractivity contribution in [1.82, 2.24) is 5.32 Å². The van der Waals surface area contributed by atoms with Crippen LogP contribution in [0.2, 0.25) is 0 Å². The van der Waals surface area contributed by atoms with Crippen LogP contribution in [0.1, 0.15) is 30.0 Å². The van der Waals surface area contributed by atoms with Gasteiger partial charge in [0.2, 0.25) is 0 Å². The average Bonchev–Trinajstić information content (AvgIpc) is 2.49. The Bertz CT molecular complexity index is 465. The van der Waals surface area contributed by atoms with Crippen LogP contribution < -0.4 is 10.1 Å². The number of rotatable bonds is 9. The van der Waals surface area contributed by atoms with Crippen molar-refractivity contribution in [1.29, 1.82) is 0 Å². The molecule has 1 N–H and O–H groups in total. The first kappa shape index (κ1) is 18.5. The number of hydrogen-bond acceptors (Lipinski definition) is 5. The topological polar surface area (TPSA) is 56.8 Å². The first-order valence-corrected chi connectivity index (χ1v) is 7.50. The molecule has 1 unspecified atom stereocenters. The minimum absolute atomic E-state index is 0.0656. The lowest BCUT2D eigenvalue weighted by Crippen LogP contribution is -2.26.